The molecule has 5 atom stereocenters. The molecule has 0 aliphatic carbocycles. The van der Waals surface area contributed by atoms with Gasteiger partial charge in [-0.25, -0.2) is 9.97 Å². The standard InChI is InChI=1S/C35H57ClN8O7/c1-2-3-4-7-18-44(21-26(46)31(48)32(49)27(47)22-45)19-8-17-40-25(34(38)50)15-14-24-12-10-23(11-13-24)9-5-6-16-41-33(37)29-30(35(39)51)43-28(36)20-42-29/h10-13,20,25-27,31-32,40,45-49H,2-9,14-19,21-22H2,1H3,(H2,37,41)(H2,38,50)(H2,39,51). The number of nitrogens with zero attached hydrogens (tertiary/aromatic N) is 4. The van der Waals surface area contributed by atoms with Crippen LogP contribution in [0.3, 0.4) is 0 Å². The number of primary amides is 2. The zero-order valence-electron chi connectivity index (χ0n) is 29.5. The average Bonchev–Trinajstić information content (AvgIpc) is 3.11. The molecule has 1 heterocycles. The molecule has 2 amide bonds. The molecule has 2 aromatic rings. The van der Waals surface area contributed by atoms with Gasteiger partial charge in [0.25, 0.3) is 5.91 Å². The minimum atomic E-state index is -1.67. The number of benzene rings is 1. The molecular formula is C35H57ClN8O7. The van der Waals surface area contributed by atoms with Gasteiger partial charge < -0.3 is 53.0 Å². The lowest BCUT2D eigenvalue weighted by atomic mass is 10.0. The quantitative estimate of drug-likeness (QED) is 0.0334. The number of aromatic nitrogens is 2. The summed E-state index contributed by atoms with van der Waals surface area (Å²) in [7, 11) is 0. The molecule has 0 bridgehead atoms. The summed E-state index contributed by atoms with van der Waals surface area (Å²) >= 11 is 5.80. The number of aryl methyl sites for hydroxylation is 2. The van der Waals surface area contributed by atoms with Gasteiger partial charge in [0.2, 0.25) is 5.91 Å². The Bertz CT molecular complexity index is 1350. The highest BCUT2D eigenvalue weighted by molar-refractivity contribution is 6.29. The van der Waals surface area contributed by atoms with Crippen molar-refractivity contribution < 1.29 is 35.1 Å². The number of carbonyl (C=O) groups excluding carboxylic acids is 2. The fourth-order valence-electron chi connectivity index (χ4n) is 5.54. The van der Waals surface area contributed by atoms with Crippen molar-refractivity contribution in [3.8, 4) is 0 Å². The maximum Gasteiger partial charge on any atom is 0.269 e. The molecule has 1 aromatic heterocycles. The number of aliphatic hydroxyl groups excluding tert-OH is 5. The number of nitrogens with two attached hydrogens (primary N) is 3. The summed E-state index contributed by atoms with van der Waals surface area (Å²) < 4.78 is 0. The first-order valence-electron chi connectivity index (χ1n) is 17.7. The molecule has 5 unspecified atom stereocenters. The summed E-state index contributed by atoms with van der Waals surface area (Å²) in [6.45, 7) is 3.67. The van der Waals surface area contributed by atoms with Gasteiger partial charge in [-0.05, 0) is 75.7 Å². The van der Waals surface area contributed by atoms with Crippen LogP contribution in [0, 0.1) is 0 Å². The van der Waals surface area contributed by atoms with Crippen molar-refractivity contribution in [2.24, 2.45) is 22.2 Å². The van der Waals surface area contributed by atoms with Crippen LogP contribution >= 0.6 is 11.6 Å². The summed E-state index contributed by atoms with van der Waals surface area (Å²) in [5.74, 6) is -1.15. The number of amides is 2. The molecule has 0 aliphatic heterocycles. The van der Waals surface area contributed by atoms with E-state index < -0.39 is 48.9 Å². The number of amidine groups is 1. The SMILES string of the molecule is CCCCCCN(CCCNC(CCc1ccc(CCCCN=C(N)c2ncc(Cl)nc2C(N)=O)cc1)C(N)=O)CC(O)C(O)C(O)C(O)CO. The highest BCUT2D eigenvalue weighted by Crippen LogP contribution is 2.13. The Balaban J connectivity index is 1.79. The zero-order valence-corrected chi connectivity index (χ0v) is 30.3. The monoisotopic (exact) mass is 736 g/mol. The molecule has 2 rings (SSSR count). The summed E-state index contributed by atoms with van der Waals surface area (Å²) in [4.78, 5) is 38.0. The highest BCUT2D eigenvalue weighted by atomic mass is 35.5. The predicted octanol–water partition coefficient (Wildman–Crippen LogP) is 0.0415. The van der Waals surface area contributed by atoms with E-state index in [1.165, 1.54) is 6.20 Å². The second kappa shape index (κ2) is 24.1. The Morgan fingerprint density at radius 2 is 1.53 bits per heavy atom. The van der Waals surface area contributed by atoms with Gasteiger partial charge in [0.05, 0.1) is 24.9 Å². The molecule has 51 heavy (non-hydrogen) atoms. The van der Waals surface area contributed by atoms with Crippen molar-refractivity contribution in [2.75, 3.05) is 39.3 Å². The Labute approximate surface area is 305 Å². The molecule has 12 N–H and O–H groups in total. The number of nitrogens with one attached hydrogen (secondary N) is 1. The van der Waals surface area contributed by atoms with Gasteiger partial charge in [-0.15, -0.1) is 0 Å². The van der Waals surface area contributed by atoms with Crippen molar-refractivity contribution in [2.45, 2.75) is 102 Å². The Hall–Kier alpha value is -3.28. The largest absolute Gasteiger partial charge is 0.394 e. The number of rotatable bonds is 27. The third-order valence-electron chi connectivity index (χ3n) is 8.60. The van der Waals surface area contributed by atoms with E-state index in [0.717, 1.165) is 56.1 Å². The number of unbranched alkanes of at least 4 members (excludes halogenated alkanes) is 4. The topological polar surface area (TPSA) is 267 Å². The second-order valence-electron chi connectivity index (χ2n) is 12.8. The second-order valence-corrected chi connectivity index (χ2v) is 13.1. The number of aliphatic hydroxyl groups is 5. The lowest BCUT2D eigenvalue weighted by Crippen LogP contribution is -2.50. The summed E-state index contributed by atoms with van der Waals surface area (Å²) in [5.41, 5.74) is 19.3. The number of hydrogen-bond acceptors (Lipinski definition) is 12. The average molecular weight is 737 g/mol. The van der Waals surface area contributed by atoms with Gasteiger partial charge in [-0.3, -0.25) is 14.6 Å². The number of hydrogen-bond donors (Lipinski definition) is 9. The molecule has 16 heteroatoms. The van der Waals surface area contributed by atoms with E-state index in [1.54, 1.807) is 0 Å². The maximum absolute atomic E-state index is 12.2. The van der Waals surface area contributed by atoms with Crippen molar-refractivity contribution in [1.29, 1.82) is 0 Å². The smallest absolute Gasteiger partial charge is 0.269 e. The van der Waals surface area contributed by atoms with E-state index in [9.17, 15) is 30.0 Å². The molecule has 286 valence electrons. The minimum absolute atomic E-state index is 0.0362. The third-order valence-corrected chi connectivity index (χ3v) is 8.79. The van der Waals surface area contributed by atoms with Crippen LogP contribution in [0.2, 0.25) is 5.15 Å². The van der Waals surface area contributed by atoms with E-state index >= 15 is 0 Å². The first kappa shape index (κ1) is 43.9. The van der Waals surface area contributed by atoms with E-state index in [-0.39, 0.29) is 28.9 Å². The molecule has 0 radical (unpaired) electrons. The predicted molar refractivity (Wildman–Crippen MR) is 196 cm³/mol. The van der Waals surface area contributed by atoms with E-state index in [1.807, 2.05) is 17.0 Å². The highest BCUT2D eigenvalue weighted by Gasteiger charge is 2.31. The maximum atomic E-state index is 12.2. The van der Waals surface area contributed by atoms with Crippen molar-refractivity contribution in [1.82, 2.24) is 20.2 Å². The van der Waals surface area contributed by atoms with Crippen LogP contribution < -0.4 is 22.5 Å². The summed E-state index contributed by atoms with van der Waals surface area (Å²) in [5, 5.41) is 52.8. The van der Waals surface area contributed by atoms with E-state index in [0.29, 0.717) is 45.4 Å². The van der Waals surface area contributed by atoms with Crippen LogP contribution in [0.25, 0.3) is 0 Å². The van der Waals surface area contributed by atoms with Gasteiger partial charge in [0.15, 0.2) is 5.69 Å². The number of carbonyl (C=O) groups is 2. The normalized spacial score (nSPS) is 15.0. The molecule has 0 aliphatic rings. The van der Waals surface area contributed by atoms with Crippen LogP contribution in [0.5, 0.6) is 0 Å². The lowest BCUT2D eigenvalue weighted by molar-refractivity contribution is -0.120. The third kappa shape index (κ3) is 16.3. The van der Waals surface area contributed by atoms with Crippen LogP contribution in [0.4, 0.5) is 0 Å². The minimum Gasteiger partial charge on any atom is -0.394 e. The molecular weight excluding hydrogens is 680 g/mol. The summed E-state index contributed by atoms with van der Waals surface area (Å²) in [6.07, 6.45) is 3.52. The Morgan fingerprint density at radius 3 is 2.16 bits per heavy atom. The Kier molecular flexibility index (Phi) is 20.7. The van der Waals surface area contributed by atoms with Crippen molar-refractivity contribution in [3.05, 3.63) is 58.1 Å². The van der Waals surface area contributed by atoms with E-state index in [2.05, 4.69) is 39.3 Å². The lowest BCUT2D eigenvalue weighted by Gasteiger charge is -2.30. The van der Waals surface area contributed by atoms with Crippen LogP contribution in [0.15, 0.2) is 35.5 Å². The Morgan fingerprint density at radius 1 is 0.882 bits per heavy atom. The van der Waals surface area contributed by atoms with Crippen molar-refractivity contribution >= 4 is 29.3 Å². The van der Waals surface area contributed by atoms with Crippen LogP contribution in [-0.2, 0) is 17.6 Å². The first-order valence-corrected chi connectivity index (χ1v) is 18.0. The van der Waals surface area contributed by atoms with E-state index in [4.69, 9.17) is 33.9 Å². The van der Waals surface area contributed by atoms with Crippen LogP contribution in [-0.4, -0.2) is 128 Å². The van der Waals surface area contributed by atoms with Crippen molar-refractivity contribution in [3.63, 3.8) is 0 Å². The zero-order chi connectivity index (χ0) is 37.8. The summed E-state index contributed by atoms with van der Waals surface area (Å²) in [6, 6.07) is 7.69. The molecule has 0 saturated carbocycles. The first-order chi connectivity index (χ1) is 24.4. The fraction of sp³-hybridized carbons (Fsp3) is 0.629. The van der Waals surface area contributed by atoms with Gasteiger partial charge in [-0.1, -0.05) is 62.1 Å². The van der Waals surface area contributed by atoms with Gasteiger partial charge in [-0.2, -0.15) is 0 Å². The van der Waals surface area contributed by atoms with Gasteiger partial charge in [0.1, 0.15) is 35.0 Å². The number of halogens is 1. The molecule has 0 spiro atoms. The molecule has 0 saturated heterocycles. The fourth-order valence-corrected chi connectivity index (χ4v) is 5.68. The molecule has 1 aromatic carbocycles. The molecule has 0 fully saturated rings. The number of aliphatic imine (C=N–C) groups is 1. The van der Waals surface area contributed by atoms with Gasteiger partial charge >= 0.3 is 0 Å². The van der Waals surface area contributed by atoms with Gasteiger partial charge in [0, 0.05) is 13.1 Å². The van der Waals surface area contributed by atoms with Crippen LogP contribution in [0.1, 0.15) is 85.6 Å². The molecule has 15 nitrogen and oxygen atoms in total.